The molecule has 3 rings (SSSR count). The number of thioether (sulfide) groups is 1. The second kappa shape index (κ2) is 7.98. The molecule has 0 radical (unpaired) electrons. The Morgan fingerprint density at radius 1 is 1.16 bits per heavy atom. The van der Waals surface area contributed by atoms with Crippen molar-refractivity contribution in [1.82, 2.24) is 15.5 Å². The van der Waals surface area contributed by atoms with Crippen molar-refractivity contribution in [2.45, 2.75) is 25.1 Å². The molecule has 2 aromatic carbocycles. The average molecular weight is 353 g/mol. The molecular formula is C19H19N3O2S. The second-order valence-corrected chi connectivity index (χ2v) is 6.66. The number of nitrogens with zero attached hydrogens (tertiary/aromatic N) is 2. The quantitative estimate of drug-likeness (QED) is 0.678. The summed E-state index contributed by atoms with van der Waals surface area (Å²) >= 11 is 1.23. The van der Waals surface area contributed by atoms with Crippen LogP contribution in [0, 0.1) is 6.92 Å². The molecule has 1 atom stereocenters. The van der Waals surface area contributed by atoms with Crippen LogP contribution in [0.5, 0.6) is 0 Å². The lowest BCUT2D eigenvalue weighted by Gasteiger charge is -2.13. The van der Waals surface area contributed by atoms with Gasteiger partial charge in [0.15, 0.2) is 0 Å². The highest BCUT2D eigenvalue weighted by atomic mass is 32.2. The summed E-state index contributed by atoms with van der Waals surface area (Å²) in [5, 5.41) is 11.4. The number of carbonyl (C=O) groups excluding carboxylic acids is 1. The zero-order chi connectivity index (χ0) is 17.6. The fourth-order valence-electron chi connectivity index (χ4n) is 2.40. The summed E-state index contributed by atoms with van der Waals surface area (Å²) in [6.45, 7) is 3.97. The summed E-state index contributed by atoms with van der Waals surface area (Å²) in [6.07, 6.45) is 0. The van der Waals surface area contributed by atoms with Crippen LogP contribution in [0.3, 0.4) is 0 Å². The molecule has 0 unspecified atom stereocenters. The van der Waals surface area contributed by atoms with Gasteiger partial charge in [-0.3, -0.25) is 4.79 Å². The molecule has 0 aliphatic carbocycles. The number of nitrogens with one attached hydrogen (secondary N) is 1. The predicted octanol–water partition coefficient (Wildman–Crippen LogP) is 4.01. The number of carbonyl (C=O) groups is 1. The van der Waals surface area contributed by atoms with Crippen LogP contribution in [0.15, 0.2) is 64.2 Å². The molecule has 3 aromatic rings. The number of aryl methyl sites for hydroxylation is 1. The number of hydrogen-bond acceptors (Lipinski definition) is 5. The Labute approximate surface area is 150 Å². The van der Waals surface area contributed by atoms with E-state index in [1.807, 2.05) is 68.4 Å². The molecule has 0 fully saturated rings. The molecule has 0 saturated carbocycles. The van der Waals surface area contributed by atoms with Crippen LogP contribution in [0.4, 0.5) is 0 Å². The van der Waals surface area contributed by atoms with E-state index in [4.69, 9.17) is 4.42 Å². The first-order chi connectivity index (χ1) is 12.1. The lowest BCUT2D eigenvalue weighted by Crippen LogP contribution is -2.28. The molecular weight excluding hydrogens is 334 g/mol. The van der Waals surface area contributed by atoms with Crippen LogP contribution in [0.25, 0.3) is 11.5 Å². The molecule has 0 spiro atoms. The van der Waals surface area contributed by atoms with Crippen molar-refractivity contribution in [3.8, 4) is 11.5 Å². The van der Waals surface area contributed by atoms with Gasteiger partial charge in [-0.2, -0.15) is 0 Å². The molecule has 1 N–H and O–H groups in total. The van der Waals surface area contributed by atoms with Crippen molar-refractivity contribution in [2.24, 2.45) is 0 Å². The number of hydrogen-bond donors (Lipinski definition) is 1. The van der Waals surface area contributed by atoms with Gasteiger partial charge in [-0.1, -0.05) is 59.8 Å². The van der Waals surface area contributed by atoms with E-state index in [0.29, 0.717) is 11.1 Å². The summed E-state index contributed by atoms with van der Waals surface area (Å²) in [7, 11) is 0. The van der Waals surface area contributed by atoms with Gasteiger partial charge >= 0.3 is 0 Å². The van der Waals surface area contributed by atoms with Crippen molar-refractivity contribution in [3.05, 3.63) is 65.7 Å². The molecule has 0 saturated heterocycles. The Balaban J connectivity index is 1.54. The first-order valence-electron chi connectivity index (χ1n) is 7.99. The third kappa shape index (κ3) is 4.70. The summed E-state index contributed by atoms with van der Waals surface area (Å²) in [5.74, 6) is 0.619. The van der Waals surface area contributed by atoms with Crippen LogP contribution in [0.1, 0.15) is 24.1 Å². The maximum absolute atomic E-state index is 12.1. The molecule has 1 amide bonds. The summed E-state index contributed by atoms with van der Waals surface area (Å²) in [5.41, 5.74) is 3.07. The monoisotopic (exact) mass is 353 g/mol. The SMILES string of the molecule is Cc1cccc(-c2nnc(SCC(=O)N[C@H](C)c3ccccc3)o2)c1. The lowest BCUT2D eigenvalue weighted by molar-refractivity contribution is -0.119. The zero-order valence-corrected chi connectivity index (χ0v) is 14.9. The fourth-order valence-corrected chi connectivity index (χ4v) is 2.97. The molecule has 0 bridgehead atoms. The molecule has 1 heterocycles. The minimum absolute atomic E-state index is 0.0418. The molecule has 0 aliphatic heterocycles. The Morgan fingerprint density at radius 3 is 2.72 bits per heavy atom. The molecule has 0 aliphatic rings. The maximum Gasteiger partial charge on any atom is 0.277 e. The molecule has 25 heavy (non-hydrogen) atoms. The lowest BCUT2D eigenvalue weighted by atomic mass is 10.1. The molecule has 5 nitrogen and oxygen atoms in total. The molecule has 128 valence electrons. The van der Waals surface area contributed by atoms with E-state index < -0.39 is 0 Å². The number of aromatic nitrogens is 2. The van der Waals surface area contributed by atoms with Crippen molar-refractivity contribution < 1.29 is 9.21 Å². The first kappa shape index (κ1) is 17.2. The van der Waals surface area contributed by atoms with Crippen LogP contribution in [0.2, 0.25) is 0 Å². The third-order valence-electron chi connectivity index (χ3n) is 3.68. The van der Waals surface area contributed by atoms with Gasteiger partial charge in [0, 0.05) is 5.56 Å². The van der Waals surface area contributed by atoms with Gasteiger partial charge in [-0.15, -0.1) is 10.2 Å². The first-order valence-corrected chi connectivity index (χ1v) is 8.98. The van der Waals surface area contributed by atoms with Crippen LogP contribution >= 0.6 is 11.8 Å². The minimum Gasteiger partial charge on any atom is -0.411 e. The normalized spacial score (nSPS) is 11.9. The highest BCUT2D eigenvalue weighted by Gasteiger charge is 2.13. The van der Waals surface area contributed by atoms with E-state index in [1.54, 1.807) is 0 Å². The highest BCUT2D eigenvalue weighted by Crippen LogP contribution is 2.23. The van der Waals surface area contributed by atoms with E-state index in [9.17, 15) is 4.79 Å². The van der Waals surface area contributed by atoms with Gasteiger partial charge in [-0.25, -0.2) is 0 Å². The number of rotatable bonds is 6. The summed E-state index contributed by atoms with van der Waals surface area (Å²) < 4.78 is 5.63. The highest BCUT2D eigenvalue weighted by molar-refractivity contribution is 7.99. The Bertz CT molecular complexity index is 849. The van der Waals surface area contributed by atoms with Gasteiger partial charge < -0.3 is 9.73 Å². The van der Waals surface area contributed by atoms with Crippen LogP contribution in [-0.4, -0.2) is 21.9 Å². The molecule has 6 heteroatoms. The van der Waals surface area contributed by atoms with Crippen molar-refractivity contribution in [2.75, 3.05) is 5.75 Å². The third-order valence-corrected chi connectivity index (χ3v) is 4.49. The largest absolute Gasteiger partial charge is 0.411 e. The van der Waals surface area contributed by atoms with E-state index >= 15 is 0 Å². The number of benzene rings is 2. The summed E-state index contributed by atoms with van der Waals surface area (Å²) in [4.78, 5) is 12.1. The van der Waals surface area contributed by atoms with Gasteiger partial charge in [-0.05, 0) is 31.5 Å². The summed E-state index contributed by atoms with van der Waals surface area (Å²) in [6, 6.07) is 17.7. The van der Waals surface area contributed by atoms with E-state index in [-0.39, 0.29) is 17.7 Å². The smallest absolute Gasteiger partial charge is 0.277 e. The van der Waals surface area contributed by atoms with Crippen molar-refractivity contribution >= 4 is 17.7 Å². The van der Waals surface area contributed by atoms with Gasteiger partial charge in [0.25, 0.3) is 5.22 Å². The zero-order valence-electron chi connectivity index (χ0n) is 14.1. The Morgan fingerprint density at radius 2 is 1.96 bits per heavy atom. The van der Waals surface area contributed by atoms with Crippen LogP contribution < -0.4 is 5.32 Å². The van der Waals surface area contributed by atoms with E-state index in [0.717, 1.165) is 16.7 Å². The van der Waals surface area contributed by atoms with E-state index in [2.05, 4.69) is 15.5 Å². The number of amides is 1. The minimum atomic E-state index is -0.0725. The van der Waals surface area contributed by atoms with Gasteiger partial charge in [0.2, 0.25) is 11.8 Å². The fraction of sp³-hybridized carbons (Fsp3) is 0.211. The average Bonchev–Trinajstić information content (AvgIpc) is 3.10. The van der Waals surface area contributed by atoms with Gasteiger partial charge in [0.05, 0.1) is 11.8 Å². The van der Waals surface area contributed by atoms with Crippen molar-refractivity contribution in [3.63, 3.8) is 0 Å². The Hall–Kier alpha value is -2.60. The van der Waals surface area contributed by atoms with Gasteiger partial charge in [0.1, 0.15) is 0 Å². The van der Waals surface area contributed by atoms with Crippen molar-refractivity contribution in [1.29, 1.82) is 0 Å². The second-order valence-electron chi connectivity index (χ2n) is 5.73. The standard InChI is InChI=1S/C19H19N3O2S/c1-13-7-6-10-16(11-13)18-21-22-19(24-18)25-12-17(23)20-14(2)15-8-4-3-5-9-15/h3-11,14H,12H2,1-2H3,(H,20,23)/t14-/m1/s1. The predicted molar refractivity (Wildman–Crippen MR) is 98.2 cm³/mol. The Kier molecular flexibility index (Phi) is 5.50. The topological polar surface area (TPSA) is 68.0 Å². The maximum atomic E-state index is 12.1. The molecule has 1 aromatic heterocycles. The van der Waals surface area contributed by atoms with Crippen LogP contribution in [-0.2, 0) is 4.79 Å². The van der Waals surface area contributed by atoms with E-state index in [1.165, 1.54) is 11.8 Å².